The standard InChI is InChI=1S/C23H24ClN3O3S/c1-16-12-18(24)9-10-20(16)30-11-5-8-21(28)26-27-22(29)14-19-15-31-23(25-19)13-17-6-3-2-4-7-17/h2-4,6-7,9-10,12,15H,5,8,11,13-14H2,1H3,(H,26,28)(H,27,29). The van der Waals surface area contributed by atoms with Crippen molar-refractivity contribution in [3.63, 3.8) is 0 Å². The zero-order chi connectivity index (χ0) is 22.1. The van der Waals surface area contributed by atoms with Gasteiger partial charge in [-0.25, -0.2) is 4.98 Å². The Bertz CT molecular complexity index is 1020. The second-order valence-electron chi connectivity index (χ2n) is 7.03. The molecule has 0 saturated carbocycles. The topological polar surface area (TPSA) is 80.3 Å². The van der Waals surface area contributed by atoms with Crippen molar-refractivity contribution < 1.29 is 14.3 Å². The normalized spacial score (nSPS) is 10.5. The van der Waals surface area contributed by atoms with Gasteiger partial charge in [-0.05, 0) is 42.7 Å². The number of hydrogen-bond acceptors (Lipinski definition) is 5. The summed E-state index contributed by atoms with van der Waals surface area (Å²) in [6.07, 6.45) is 1.62. The highest BCUT2D eigenvalue weighted by Gasteiger charge is 2.10. The third-order valence-corrected chi connectivity index (χ3v) is 5.56. The quantitative estimate of drug-likeness (QED) is 0.372. The average molecular weight is 458 g/mol. The Kier molecular flexibility index (Phi) is 8.44. The van der Waals surface area contributed by atoms with E-state index in [2.05, 4.69) is 15.8 Å². The average Bonchev–Trinajstić information content (AvgIpc) is 3.18. The van der Waals surface area contributed by atoms with E-state index in [1.807, 2.05) is 54.8 Å². The first-order valence-corrected chi connectivity index (χ1v) is 11.2. The van der Waals surface area contributed by atoms with E-state index in [1.54, 1.807) is 6.07 Å². The van der Waals surface area contributed by atoms with Gasteiger partial charge >= 0.3 is 0 Å². The predicted octanol–water partition coefficient (Wildman–Crippen LogP) is 4.24. The number of nitrogens with zero attached hydrogens (tertiary/aromatic N) is 1. The number of amides is 2. The van der Waals surface area contributed by atoms with E-state index >= 15 is 0 Å². The Morgan fingerprint density at radius 1 is 1.10 bits per heavy atom. The number of benzene rings is 2. The van der Waals surface area contributed by atoms with Crippen LogP contribution in [0.1, 0.15) is 34.7 Å². The number of carbonyl (C=O) groups excluding carboxylic acids is 2. The zero-order valence-corrected chi connectivity index (χ0v) is 18.8. The maximum absolute atomic E-state index is 12.1. The van der Waals surface area contributed by atoms with Crippen LogP contribution in [-0.2, 0) is 22.4 Å². The van der Waals surface area contributed by atoms with Gasteiger partial charge in [-0.2, -0.15) is 0 Å². The summed E-state index contributed by atoms with van der Waals surface area (Å²) in [5.74, 6) is 0.166. The number of thiazole rings is 1. The molecule has 0 aliphatic carbocycles. The Labute approximate surface area is 190 Å². The molecule has 162 valence electrons. The van der Waals surface area contributed by atoms with Crippen LogP contribution in [0, 0.1) is 6.92 Å². The molecule has 31 heavy (non-hydrogen) atoms. The van der Waals surface area contributed by atoms with Crippen molar-refractivity contribution in [3.05, 3.63) is 80.8 Å². The second-order valence-corrected chi connectivity index (χ2v) is 8.41. The summed E-state index contributed by atoms with van der Waals surface area (Å²) in [4.78, 5) is 28.5. The Balaban J connectivity index is 1.32. The highest BCUT2D eigenvalue weighted by molar-refractivity contribution is 7.09. The van der Waals surface area contributed by atoms with Gasteiger partial charge in [-0.1, -0.05) is 41.9 Å². The lowest BCUT2D eigenvalue weighted by Crippen LogP contribution is -2.42. The minimum atomic E-state index is -0.307. The summed E-state index contributed by atoms with van der Waals surface area (Å²) < 4.78 is 5.66. The van der Waals surface area contributed by atoms with Crippen LogP contribution in [0.5, 0.6) is 5.75 Å². The van der Waals surface area contributed by atoms with E-state index < -0.39 is 0 Å². The first kappa shape index (κ1) is 22.8. The first-order valence-electron chi connectivity index (χ1n) is 9.93. The molecule has 3 rings (SSSR count). The molecule has 1 heterocycles. The first-order chi connectivity index (χ1) is 15.0. The molecule has 0 saturated heterocycles. The van der Waals surface area contributed by atoms with Crippen molar-refractivity contribution in [1.82, 2.24) is 15.8 Å². The van der Waals surface area contributed by atoms with Crippen LogP contribution < -0.4 is 15.6 Å². The largest absolute Gasteiger partial charge is 0.493 e. The SMILES string of the molecule is Cc1cc(Cl)ccc1OCCCC(=O)NNC(=O)Cc1csc(Cc2ccccc2)n1. The second kappa shape index (κ2) is 11.5. The van der Waals surface area contributed by atoms with Crippen molar-refractivity contribution in [1.29, 1.82) is 0 Å². The molecule has 0 aliphatic heterocycles. The number of ether oxygens (including phenoxy) is 1. The molecular formula is C23H24ClN3O3S. The maximum Gasteiger partial charge on any atom is 0.244 e. The Morgan fingerprint density at radius 3 is 2.65 bits per heavy atom. The van der Waals surface area contributed by atoms with Crippen LogP contribution in [0.25, 0.3) is 0 Å². The van der Waals surface area contributed by atoms with Gasteiger partial charge in [0.1, 0.15) is 5.75 Å². The van der Waals surface area contributed by atoms with E-state index in [1.165, 1.54) is 16.9 Å². The van der Waals surface area contributed by atoms with Gasteiger partial charge in [-0.3, -0.25) is 20.4 Å². The van der Waals surface area contributed by atoms with Gasteiger partial charge < -0.3 is 4.74 Å². The fourth-order valence-electron chi connectivity index (χ4n) is 2.88. The molecule has 1 aromatic heterocycles. The van der Waals surface area contributed by atoms with Crippen LogP contribution in [0.4, 0.5) is 0 Å². The van der Waals surface area contributed by atoms with Gasteiger partial charge in [0, 0.05) is 23.2 Å². The molecule has 0 radical (unpaired) electrons. The highest BCUT2D eigenvalue weighted by Crippen LogP contribution is 2.22. The number of aromatic nitrogens is 1. The van der Waals surface area contributed by atoms with Gasteiger partial charge in [0.2, 0.25) is 11.8 Å². The number of halogens is 1. The lowest BCUT2D eigenvalue weighted by Gasteiger charge is -2.10. The number of carbonyl (C=O) groups is 2. The fraction of sp³-hybridized carbons (Fsp3) is 0.261. The van der Waals surface area contributed by atoms with Gasteiger partial charge in [-0.15, -0.1) is 11.3 Å². The van der Waals surface area contributed by atoms with Crippen LogP contribution in [0.15, 0.2) is 53.9 Å². The molecule has 0 spiro atoms. The van der Waals surface area contributed by atoms with Crippen molar-refractivity contribution in [3.8, 4) is 5.75 Å². The van der Waals surface area contributed by atoms with E-state index in [0.717, 1.165) is 22.7 Å². The Hall–Kier alpha value is -2.90. The van der Waals surface area contributed by atoms with Gasteiger partial charge in [0.05, 0.1) is 23.7 Å². The number of rotatable bonds is 9. The van der Waals surface area contributed by atoms with E-state index in [9.17, 15) is 9.59 Å². The van der Waals surface area contributed by atoms with E-state index in [0.29, 0.717) is 23.7 Å². The lowest BCUT2D eigenvalue weighted by atomic mass is 10.2. The fourth-order valence-corrected chi connectivity index (χ4v) is 3.94. The molecule has 0 bridgehead atoms. The van der Waals surface area contributed by atoms with Crippen LogP contribution in [0.3, 0.4) is 0 Å². The van der Waals surface area contributed by atoms with Crippen molar-refractivity contribution in [2.75, 3.05) is 6.61 Å². The number of hydrogen-bond donors (Lipinski definition) is 2. The summed E-state index contributed by atoms with van der Waals surface area (Å²) in [5.41, 5.74) is 7.67. The van der Waals surface area contributed by atoms with Crippen molar-refractivity contribution >= 4 is 34.8 Å². The van der Waals surface area contributed by atoms with Crippen LogP contribution >= 0.6 is 22.9 Å². The molecule has 0 fully saturated rings. The Morgan fingerprint density at radius 2 is 1.87 bits per heavy atom. The summed E-state index contributed by atoms with van der Waals surface area (Å²) >= 11 is 7.44. The molecule has 2 amide bonds. The van der Waals surface area contributed by atoms with E-state index in [-0.39, 0.29) is 24.7 Å². The molecule has 2 N–H and O–H groups in total. The molecule has 6 nitrogen and oxygen atoms in total. The third-order valence-electron chi connectivity index (χ3n) is 4.42. The lowest BCUT2D eigenvalue weighted by molar-refractivity contribution is -0.128. The maximum atomic E-state index is 12.1. The summed E-state index contributed by atoms with van der Waals surface area (Å²) in [5, 5.41) is 3.48. The molecule has 3 aromatic rings. The van der Waals surface area contributed by atoms with E-state index in [4.69, 9.17) is 16.3 Å². The number of aryl methyl sites for hydroxylation is 1. The summed E-state index contributed by atoms with van der Waals surface area (Å²) in [7, 11) is 0. The predicted molar refractivity (Wildman–Crippen MR) is 122 cm³/mol. The van der Waals surface area contributed by atoms with Crippen molar-refractivity contribution in [2.24, 2.45) is 0 Å². The molecule has 0 atom stereocenters. The highest BCUT2D eigenvalue weighted by atomic mass is 35.5. The summed E-state index contributed by atoms with van der Waals surface area (Å²) in [6.45, 7) is 2.31. The molecule has 0 aliphatic rings. The van der Waals surface area contributed by atoms with Crippen LogP contribution in [0.2, 0.25) is 5.02 Å². The minimum Gasteiger partial charge on any atom is -0.493 e. The summed E-state index contributed by atoms with van der Waals surface area (Å²) in [6, 6.07) is 15.4. The number of hydrazine groups is 1. The third kappa shape index (κ3) is 7.70. The van der Waals surface area contributed by atoms with Crippen molar-refractivity contribution in [2.45, 2.75) is 32.6 Å². The molecule has 8 heteroatoms. The molecular weight excluding hydrogens is 434 g/mol. The molecule has 2 aromatic carbocycles. The molecule has 0 unspecified atom stereocenters. The van der Waals surface area contributed by atoms with Crippen LogP contribution in [-0.4, -0.2) is 23.4 Å². The number of nitrogens with one attached hydrogen (secondary N) is 2. The minimum absolute atomic E-state index is 0.116. The monoisotopic (exact) mass is 457 g/mol. The smallest absolute Gasteiger partial charge is 0.244 e. The van der Waals surface area contributed by atoms with Gasteiger partial charge in [0.25, 0.3) is 0 Å². The zero-order valence-electron chi connectivity index (χ0n) is 17.2. The van der Waals surface area contributed by atoms with Gasteiger partial charge in [0.15, 0.2) is 0 Å².